The third-order valence-corrected chi connectivity index (χ3v) is 5.13. The Kier molecular flexibility index (Phi) is 4.95. The number of carbonyl (C=O) groups excluding carboxylic acids is 2. The molecule has 2 aromatic rings. The molecule has 1 unspecified atom stereocenters. The molecule has 1 aromatic heterocycles. The second-order valence-corrected chi connectivity index (χ2v) is 6.80. The average Bonchev–Trinajstić information content (AvgIpc) is 2.94. The Morgan fingerprint density at radius 1 is 1.22 bits per heavy atom. The molecule has 0 bridgehead atoms. The molecule has 7 nitrogen and oxygen atoms in total. The van der Waals surface area contributed by atoms with Crippen molar-refractivity contribution < 1.29 is 14.3 Å². The Labute approximate surface area is 159 Å². The number of hydrogen-bond acceptors (Lipinski definition) is 4. The molecule has 1 aliphatic rings. The Morgan fingerprint density at radius 2 is 1.93 bits per heavy atom. The lowest BCUT2D eigenvalue weighted by atomic mass is 9.99. The number of benzene rings is 1. The minimum Gasteiger partial charge on any atom is -0.466 e. The molecule has 1 atom stereocenters. The number of nitrogens with one attached hydrogen (secondary N) is 1. The first-order chi connectivity index (χ1) is 12.8. The maximum Gasteiger partial charge on any atom is 0.280 e. The zero-order valence-corrected chi connectivity index (χ0v) is 16.5. The number of rotatable bonds is 5. The molecule has 2 amide bonds. The van der Waals surface area contributed by atoms with E-state index in [-0.39, 0.29) is 5.91 Å². The monoisotopic (exact) mass is 370 g/mol. The Bertz CT molecular complexity index is 889. The zero-order valence-electron chi connectivity index (χ0n) is 16.5. The van der Waals surface area contributed by atoms with Crippen LogP contribution in [-0.4, -0.2) is 33.7 Å². The zero-order chi connectivity index (χ0) is 19.8. The Hall–Kier alpha value is -2.83. The molecule has 27 heavy (non-hydrogen) atoms. The van der Waals surface area contributed by atoms with Crippen molar-refractivity contribution in [2.45, 2.75) is 53.3 Å². The molecule has 0 saturated carbocycles. The fraction of sp³-hybridized carbons (Fsp3) is 0.450. The van der Waals surface area contributed by atoms with Crippen LogP contribution < -0.4 is 15.0 Å². The summed E-state index contributed by atoms with van der Waals surface area (Å²) < 4.78 is 7.78. The van der Waals surface area contributed by atoms with Crippen LogP contribution in [0.5, 0.6) is 5.75 Å². The van der Waals surface area contributed by atoms with Crippen molar-refractivity contribution in [3.8, 4) is 5.75 Å². The van der Waals surface area contributed by atoms with Gasteiger partial charge in [0.25, 0.3) is 17.4 Å². The molecular weight excluding hydrogens is 344 g/mol. The number of ether oxygens (including phenoxy) is 1. The van der Waals surface area contributed by atoms with Crippen LogP contribution in [0.1, 0.15) is 37.7 Å². The number of carbonyl (C=O) groups is 2. The Balaban J connectivity index is 1.84. The van der Waals surface area contributed by atoms with E-state index in [2.05, 4.69) is 10.4 Å². The van der Waals surface area contributed by atoms with Gasteiger partial charge in [-0.05, 0) is 46.8 Å². The summed E-state index contributed by atoms with van der Waals surface area (Å²) in [6.45, 7) is 10.8. The van der Waals surface area contributed by atoms with Gasteiger partial charge in [0.2, 0.25) is 0 Å². The van der Waals surface area contributed by atoms with Gasteiger partial charge in [0.15, 0.2) is 0 Å². The number of fused-ring (bicyclic) bond motifs is 1. The third kappa shape index (κ3) is 3.07. The minimum absolute atomic E-state index is 0.302. The molecule has 3 rings (SSSR count). The SMILES string of the molecule is CCN1C(=O)C(C)(C(=O)NCc2c(C)nn(CC)c2C)Oc2ccccc21. The van der Waals surface area contributed by atoms with Crippen LogP contribution in [0.3, 0.4) is 0 Å². The maximum absolute atomic E-state index is 13.0. The van der Waals surface area contributed by atoms with Crippen molar-refractivity contribution in [2.24, 2.45) is 0 Å². The van der Waals surface area contributed by atoms with Gasteiger partial charge in [-0.25, -0.2) is 0 Å². The molecule has 1 aromatic carbocycles. The third-order valence-electron chi connectivity index (χ3n) is 5.13. The van der Waals surface area contributed by atoms with Gasteiger partial charge in [-0.15, -0.1) is 0 Å². The van der Waals surface area contributed by atoms with Crippen LogP contribution in [0.15, 0.2) is 24.3 Å². The molecule has 0 spiro atoms. The summed E-state index contributed by atoms with van der Waals surface area (Å²) in [6.07, 6.45) is 0. The van der Waals surface area contributed by atoms with Crippen LogP contribution in [0.2, 0.25) is 0 Å². The van der Waals surface area contributed by atoms with Gasteiger partial charge in [0, 0.05) is 30.9 Å². The standard InChI is InChI=1S/C20H26N4O3/c1-6-23-16-10-8-9-11-17(16)27-20(5,19(23)26)18(25)21-12-15-13(3)22-24(7-2)14(15)4/h8-11H,6-7,12H2,1-5H3,(H,21,25). The van der Waals surface area contributed by atoms with Gasteiger partial charge in [-0.1, -0.05) is 12.1 Å². The van der Waals surface area contributed by atoms with Crippen LogP contribution in [-0.2, 0) is 22.7 Å². The molecule has 7 heteroatoms. The summed E-state index contributed by atoms with van der Waals surface area (Å²) in [6, 6.07) is 7.26. The van der Waals surface area contributed by atoms with E-state index in [1.165, 1.54) is 6.92 Å². The fourth-order valence-electron chi connectivity index (χ4n) is 3.49. The summed E-state index contributed by atoms with van der Waals surface area (Å²) in [5, 5.41) is 7.33. The first-order valence-corrected chi connectivity index (χ1v) is 9.24. The number of hydrogen-bond donors (Lipinski definition) is 1. The van der Waals surface area contributed by atoms with Crippen LogP contribution in [0.4, 0.5) is 5.69 Å². The van der Waals surface area contributed by atoms with Crippen LogP contribution >= 0.6 is 0 Å². The van der Waals surface area contributed by atoms with E-state index in [4.69, 9.17) is 4.74 Å². The van der Waals surface area contributed by atoms with Crippen molar-refractivity contribution in [2.75, 3.05) is 11.4 Å². The van der Waals surface area contributed by atoms with Crippen molar-refractivity contribution in [3.05, 3.63) is 41.2 Å². The number of anilines is 1. The van der Waals surface area contributed by atoms with Gasteiger partial charge in [-0.3, -0.25) is 14.3 Å². The highest BCUT2D eigenvalue weighted by Crippen LogP contribution is 2.37. The quantitative estimate of drug-likeness (QED) is 0.820. The van der Waals surface area contributed by atoms with E-state index in [0.29, 0.717) is 24.5 Å². The second kappa shape index (κ2) is 7.06. The van der Waals surface area contributed by atoms with Gasteiger partial charge in [0.1, 0.15) is 5.75 Å². The van der Waals surface area contributed by atoms with E-state index in [1.807, 2.05) is 50.6 Å². The van der Waals surface area contributed by atoms with E-state index in [9.17, 15) is 9.59 Å². The van der Waals surface area contributed by atoms with Crippen LogP contribution in [0.25, 0.3) is 0 Å². The largest absolute Gasteiger partial charge is 0.466 e. The second-order valence-electron chi connectivity index (χ2n) is 6.80. The molecule has 0 fully saturated rings. The van der Waals surface area contributed by atoms with Crippen molar-refractivity contribution >= 4 is 17.5 Å². The molecule has 2 heterocycles. The summed E-state index contributed by atoms with van der Waals surface area (Å²) in [5.41, 5.74) is 1.93. The number of para-hydroxylation sites is 2. The van der Waals surface area contributed by atoms with E-state index >= 15 is 0 Å². The number of nitrogens with zero attached hydrogens (tertiary/aromatic N) is 3. The van der Waals surface area contributed by atoms with E-state index < -0.39 is 11.5 Å². The predicted molar refractivity (Wildman–Crippen MR) is 103 cm³/mol. The Morgan fingerprint density at radius 3 is 2.56 bits per heavy atom. The molecular formula is C20H26N4O3. The molecule has 1 N–H and O–H groups in total. The van der Waals surface area contributed by atoms with Crippen LogP contribution in [0, 0.1) is 13.8 Å². The predicted octanol–water partition coefficient (Wildman–Crippen LogP) is 2.34. The molecule has 144 valence electrons. The average molecular weight is 370 g/mol. The lowest BCUT2D eigenvalue weighted by Crippen LogP contribution is -2.62. The van der Waals surface area contributed by atoms with E-state index in [0.717, 1.165) is 23.5 Å². The molecule has 0 aliphatic carbocycles. The number of likely N-dealkylation sites (N-methyl/N-ethyl adjacent to an activating group) is 1. The summed E-state index contributed by atoms with van der Waals surface area (Å²) in [5.74, 6) is -0.287. The maximum atomic E-state index is 13.0. The highest BCUT2D eigenvalue weighted by atomic mass is 16.5. The van der Waals surface area contributed by atoms with Gasteiger partial charge < -0.3 is 15.0 Å². The lowest BCUT2D eigenvalue weighted by molar-refractivity contribution is -0.148. The number of aromatic nitrogens is 2. The van der Waals surface area contributed by atoms with Gasteiger partial charge >= 0.3 is 0 Å². The highest BCUT2D eigenvalue weighted by Gasteiger charge is 2.50. The lowest BCUT2D eigenvalue weighted by Gasteiger charge is -2.39. The summed E-state index contributed by atoms with van der Waals surface area (Å²) in [7, 11) is 0. The topological polar surface area (TPSA) is 76.5 Å². The number of amides is 2. The summed E-state index contributed by atoms with van der Waals surface area (Å²) >= 11 is 0. The smallest absolute Gasteiger partial charge is 0.280 e. The van der Waals surface area contributed by atoms with Gasteiger partial charge in [0.05, 0.1) is 11.4 Å². The highest BCUT2D eigenvalue weighted by molar-refractivity contribution is 6.16. The number of aryl methyl sites for hydroxylation is 2. The first kappa shape index (κ1) is 18.9. The molecule has 0 radical (unpaired) electrons. The summed E-state index contributed by atoms with van der Waals surface area (Å²) in [4.78, 5) is 27.6. The van der Waals surface area contributed by atoms with Gasteiger partial charge in [-0.2, -0.15) is 5.10 Å². The first-order valence-electron chi connectivity index (χ1n) is 9.24. The minimum atomic E-state index is -1.60. The van der Waals surface area contributed by atoms with Crippen molar-refractivity contribution in [3.63, 3.8) is 0 Å². The van der Waals surface area contributed by atoms with Crippen molar-refractivity contribution in [1.82, 2.24) is 15.1 Å². The van der Waals surface area contributed by atoms with Crippen molar-refractivity contribution in [1.29, 1.82) is 0 Å². The molecule has 1 aliphatic heterocycles. The normalized spacial score (nSPS) is 18.9. The van der Waals surface area contributed by atoms with E-state index in [1.54, 1.807) is 11.0 Å². The fourth-order valence-corrected chi connectivity index (χ4v) is 3.49. The molecule has 0 saturated heterocycles.